The zero-order valence-corrected chi connectivity index (χ0v) is 19.9. The predicted octanol–water partition coefficient (Wildman–Crippen LogP) is 5.07. The van der Waals surface area contributed by atoms with E-state index < -0.39 is 0 Å². The zero-order chi connectivity index (χ0) is 23.8. The number of fused-ring (bicyclic) bond motifs is 1. The van der Waals surface area contributed by atoms with E-state index in [0.717, 1.165) is 28.3 Å². The Kier molecular flexibility index (Phi) is 8.27. The topological polar surface area (TPSA) is 69.0 Å². The van der Waals surface area contributed by atoms with Crippen LogP contribution in [-0.4, -0.2) is 40.2 Å². The second kappa shape index (κ2) is 11.8. The van der Waals surface area contributed by atoms with Crippen LogP contribution in [0.15, 0.2) is 72.0 Å². The minimum Gasteiger partial charge on any atom is -0.382 e. The molecule has 6 nitrogen and oxygen atoms in total. The van der Waals surface area contributed by atoms with Crippen LogP contribution in [0.4, 0.5) is 4.39 Å². The molecule has 34 heavy (non-hydrogen) atoms. The van der Waals surface area contributed by atoms with Gasteiger partial charge in [-0.1, -0.05) is 42.1 Å². The standard InChI is InChI=1S/C26H27FN4O2S/c1-2-33-16-6-15-29-25(32)20-12-10-19(11-13-20)18-34-26-30-23-9-5-14-28-24(23)31(26)17-21-7-3-4-8-22(21)27/h3-5,7-14H,2,6,15-18H2,1H3,(H,29,32). The van der Waals surface area contributed by atoms with Gasteiger partial charge in [-0.05, 0) is 49.2 Å². The van der Waals surface area contributed by atoms with Crippen LogP contribution < -0.4 is 5.32 Å². The van der Waals surface area contributed by atoms with Crippen molar-refractivity contribution >= 4 is 28.8 Å². The molecule has 0 saturated heterocycles. The molecule has 0 bridgehead atoms. The number of carbonyl (C=O) groups is 1. The second-order valence-corrected chi connectivity index (χ2v) is 8.65. The quantitative estimate of drug-likeness (QED) is 0.241. The summed E-state index contributed by atoms with van der Waals surface area (Å²) in [5, 5.41) is 3.68. The van der Waals surface area contributed by atoms with Crippen molar-refractivity contribution in [2.75, 3.05) is 19.8 Å². The van der Waals surface area contributed by atoms with Crippen molar-refractivity contribution in [1.82, 2.24) is 19.9 Å². The molecule has 0 aliphatic rings. The molecular formula is C26H27FN4O2S. The largest absolute Gasteiger partial charge is 0.382 e. The van der Waals surface area contributed by atoms with Crippen molar-refractivity contribution in [2.45, 2.75) is 30.8 Å². The highest BCUT2D eigenvalue weighted by Gasteiger charge is 2.14. The molecule has 0 unspecified atom stereocenters. The summed E-state index contributed by atoms with van der Waals surface area (Å²) in [6.45, 7) is 4.22. The summed E-state index contributed by atoms with van der Waals surface area (Å²) in [6, 6.07) is 18.1. The molecule has 176 valence electrons. The molecule has 2 heterocycles. The van der Waals surface area contributed by atoms with Crippen LogP contribution in [0.25, 0.3) is 11.2 Å². The SMILES string of the molecule is CCOCCCNC(=O)c1ccc(CSc2nc3cccnc3n2Cc2ccccc2F)cc1. The highest BCUT2D eigenvalue weighted by Crippen LogP contribution is 2.27. The number of hydrogen-bond acceptors (Lipinski definition) is 5. The summed E-state index contributed by atoms with van der Waals surface area (Å²) < 4.78 is 21.5. The summed E-state index contributed by atoms with van der Waals surface area (Å²) >= 11 is 1.56. The average molecular weight is 479 g/mol. The number of pyridine rings is 1. The molecular weight excluding hydrogens is 451 g/mol. The maximum atomic E-state index is 14.3. The van der Waals surface area contributed by atoms with Gasteiger partial charge in [0, 0.05) is 42.8 Å². The number of halogens is 1. The molecule has 1 N–H and O–H groups in total. The summed E-state index contributed by atoms with van der Waals surface area (Å²) in [5.41, 5.74) is 3.78. The number of imidazole rings is 1. The predicted molar refractivity (Wildman–Crippen MR) is 132 cm³/mol. The number of nitrogens with zero attached hydrogens (tertiary/aromatic N) is 3. The Morgan fingerprint density at radius 2 is 1.94 bits per heavy atom. The third kappa shape index (κ3) is 6.01. The van der Waals surface area contributed by atoms with Crippen molar-refractivity contribution in [3.8, 4) is 0 Å². The Morgan fingerprint density at radius 3 is 2.74 bits per heavy atom. The number of nitrogens with one attached hydrogen (secondary N) is 1. The van der Waals surface area contributed by atoms with Crippen molar-refractivity contribution < 1.29 is 13.9 Å². The Bertz CT molecular complexity index is 1240. The molecule has 0 atom stereocenters. The van der Waals surface area contributed by atoms with Crippen molar-refractivity contribution in [3.05, 3.63) is 89.4 Å². The first kappa shape index (κ1) is 23.9. The fraction of sp³-hybridized carbons (Fsp3) is 0.269. The number of benzene rings is 2. The van der Waals surface area contributed by atoms with Crippen molar-refractivity contribution in [1.29, 1.82) is 0 Å². The Labute approximate surface area is 202 Å². The minimum absolute atomic E-state index is 0.0894. The minimum atomic E-state index is -0.247. The Morgan fingerprint density at radius 1 is 1.12 bits per heavy atom. The van der Waals surface area contributed by atoms with E-state index in [4.69, 9.17) is 9.72 Å². The van der Waals surface area contributed by atoms with E-state index in [-0.39, 0.29) is 11.7 Å². The second-order valence-electron chi connectivity index (χ2n) is 7.71. The van der Waals surface area contributed by atoms with E-state index in [1.165, 1.54) is 6.07 Å². The van der Waals surface area contributed by atoms with Gasteiger partial charge < -0.3 is 10.1 Å². The van der Waals surface area contributed by atoms with Crippen LogP contribution in [0.5, 0.6) is 0 Å². The lowest BCUT2D eigenvalue weighted by atomic mass is 10.1. The first-order valence-electron chi connectivity index (χ1n) is 11.3. The van der Waals surface area contributed by atoms with E-state index in [2.05, 4.69) is 10.3 Å². The van der Waals surface area contributed by atoms with Crippen LogP contribution in [0, 0.1) is 5.82 Å². The fourth-order valence-corrected chi connectivity index (χ4v) is 4.47. The molecule has 2 aromatic heterocycles. The monoisotopic (exact) mass is 478 g/mol. The van der Waals surface area contributed by atoms with Gasteiger partial charge in [-0.25, -0.2) is 14.4 Å². The highest BCUT2D eigenvalue weighted by atomic mass is 32.2. The molecule has 0 fully saturated rings. The lowest BCUT2D eigenvalue weighted by Gasteiger charge is -2.10. The molecule has 8 heteroatoms. The number of rotatable bonds is 11. The summed E-state index contributed by atoms with van der Waals surface area (Å²) in [6.07, 6.45) is 2.51. The Hall–Kier alpha value is -3.23. The van der Waals surface area contributed by atoms with E-state index in [1.807, 2.05) is 54.0 Å². The van der Waals surface area contributed by atoms with Gasteiger partial charge in [-0.3, -0.25) is 9.36 Å². The van der Waals surface area contributed by atoms with Gasteiger partial charge in [0.05, 0.1) is 6.54 Å². The fourth-order valence-electron chi connectivity index (χ4n) is 3.51. The first-order valence-corrected chi connectivity index (χ1v) is 12.3. The van der Waals surface area contributed by atoms with E-state index in [0.29, 0.717) is 43.2 Å². The smallest absolute Gasteiger partial charge is 0.251 e. The molecule has 0 saturated carbocycles. The number of thioether (sulfide) groups is 1. The molecule has 4 rings (SSSR count). The molecule has 4 aromatic rings. The average Bonchev–Trinajstić information content (AvgIpc) is 3.21. The lowest BCUT2D eigenvalue weighted by Crippen LogP contribution is -2.25. The number of aromatic nitrogens is 3. The van der Waals surface area contributed by atoms with Crippen LogP contribution in [0.2, 0.25) is 0 Å². The summed E-state index contributed by atoms with van der Waals surface area (Å²) in [7, 11) is 0. The van der Waals surface area contributed by atoms with Crippen LogP contribution in [0.3, 0.4) is 0 Å². The number of carbonyl (C=O) groups excluding carboxylic acids is 1. The third-order valence-electron chi connectivity index (χ3n) is 5.29. The van der Waals surface area contributed by atoms with Gasteiger partial charge >= 0.3 is 0 Å². The molecule has 0 aliphatic carbocycles. The first-order chi connectivity index (χ1) is 16.7. The third-order valence-corrected chi connectivity index (χ3v) is 6.34. The molecule has 0 radical (unpaired) electrons. The number of amides is 1. The number of ether oxygens (including phenoxy) is 1. The van der Waals surface area contributed by atoms with Gasteiger partial charge in [0.2, 0.25) is 0 Å². The van der Waals surface area contributed by atoms with E-state index >= 15 is 0 Å². The molecule has 0 aliphatic heterocycles. The normalized spacial score (nSPS) is 11.1. The maximum absolute atomic E-state index is 14.3. The lowest BCUT2D eigenvalue weighted by molar-refractivity contribution is 0.0944. The summed E-state index contributed by atoms with van der Waals surface area (Å²) in [5.74, 6) is 0.327. The van der Waals surface area contributed by atoms with E-state index in [9.17, 15) is 9.18 Å². The van der Waals surface area contributed by atoms with Crippen LogP contribution in [0.1, 0.15) is 34.8 Å². The molecule has 2 aromatic carbocycles. The van der Waals surface area contributed by atoms with Crippen molar-refractivity contribution in [3.63, 3.8) is 0 Å². The molecule has 0 spiro atoms. The Balaban J connectivity index is 1.42. The molecule has 1 amide bonds. The van der Waals surface area contributed by atoms with Gasteiger partial charge in [-0.15, -0.1) is 0 Å². The number of hydrogen-bond donors (Lipinski definition) is 1. The zero-order valence-electron chi connectivity index (χ0n) is 19.0. The van der Waals surface area contributed by atoms with Gasteiger partial charge in [0.15, 0.2) is 10.8 Å². The van der Waals surface area contributed by atoms with Crippen molar-refractivity contribution in [2.24, 2.45) is 0 Å². The highest BCUT2D eigenvalue weighted by molar-refractivity contribution is 7.98. The van der Waals surface area contributed by atoms with Crippen LogP contribution in [-0.2, 0) is 17.0 Å². The van der Waals surface area contributed by atoms with Gasteiger partial charge in [0.1, 0.15) is 11.3 Å². The summed E-state index contributed by atoms with van der Waals surface area (Å²) in [4.78, 5) is 21.5. The van der Waals surface area contributed by atoms with E-state index in [1.54, 1.807) is 30.1 Å². The maximum Gasteiger partial charge on any atom is 0.251 e. The van der Waals surface area contributed by atoms with Crippen LogP contribution >= 0.6 is 11.8 Å². The van der Waals surface area contributed by atoms with Gasteiger partial charge in [0.25, 0.3) is 5.91 Å². The van der Waals surface area contributed by atoms with Gasteiger partial charge in [-0.2, -0.15) is 0 Å².